The Bertz CT molecular complexity index is 495. The molecule has 0 radical (unpaired) electrons. The SMILES string of the molecule is C=C(C)COCCNC(=O)c1ccc(CNC(C)=O)cc1. The number of amides is 2. The summed E-state index contributed by atoms with van der Waals surface area (Å²) in [6.45, 7) is 8.98. The average Bonchev–Trinajstić information content (AvgIpc) is 2.44. The summed E-state index contributed by atoms with van der Waals surface area (Å²) >= 11 is 0. The van der Waals surface area contributed by atoms with Crippen LogP contribution in [0, 0.1) is 0 Å². The molecule has 5 nitrogen and oxygen atoms in total. The molecule has 0 aromatic heterocycles. The number of carbonyl (C=O) groups excluding carboxylic acids is 2. The normalized spacial score (nSPS) is 10.0. The van der Waals surface area contributed by atoms with Crippen LogP contribution in [0.3, 0.4) is 0 Å². The summed E-state index contributed by atoms with van der Waals surface area (Å²) in [5.41, 5.74) is 2.49. The summed E-state index contributed by atoms with van der Waals surface area (Å²) in [5, 5.41) is 5.48. The van der Waals surface area contributed by atoms with Crippen molar-refractivity contribution in [1.29, 1.82) is 0 Å². The number of hydrogen-bond acceptors (Lipinski definition) is 3. The van der Waals surface area contributed by atoms with Gasteiger partial charge in [-0.2, -0.15) is 0 Å². The fraction of sp³-hybridized carbons (Fsp3) is 0.375. The number of benzene rings is 1. The van der Waals surface area contributed by atoms with Gasteiger partial charge in [0.15, 0.2) is 0 Å². The molecule has 0 atom stereocenters. The Morgan fingerprint density at radius 3 is 2.38 bits per heavy atom. The van der Waals surface area contributed by atoms with Gasteiger partial charge in [0.2, 0.25) is 5.91 Å². The van der Waals surface area contributed by atoms with Gasteiger partial charge in [-0.3, -0.25) is 9.59 Å². The molecule has 0 heterocycles. The number of rotatable bonds is 8. The summed E-state index contributed by atoms with van der Waals surface area (Å²) in [5.74, 6) is -0.216. The van der Waals surface area contributed by atoms with Crippen molar-refractivity contribution in [3.63, 3.8) is 0 Å². The van der Waals surface area contributed by atoms with Crippen molar-refractivity contribution >= 4 is 11.8 Å². The van der Waals surface area contributed by atoms with E-state index in [-0.39, 0.29) is 11.8 Å². The van der Waals surface area contributed by atoms with Gasteiger partial charge in [-0.25, -0.2) is 0 Å². The molecular weight excluding hydrogens is 268 g/mol. The van der Waals surface area contributed by atoms with E-state index in [4.69, 9.17) is 4.74 Å². The highest BCUT2D eigenvalue weighted by Crippen LogP contribution is 2.04. The third-order valence-electron chi connectivity index (χ3n) is 2.64. The maximum atomic E-state index is 11.9. The predicted molar refractivity (Wildman–Crippen MR) is 81.9 cm³/mol. The molecule has 0 fully saturated rings. The summed E-state index contributed by atoms with van der Waals surface area (Å²) in [6.07, 6.45) is 0. The summed E-state index contributed by atoms with van der Waals surface area (Å²) in [6, 6.07) is 7.12. The Hall–Kier alpha value is -2.14. The van der Waals surface area contributed by atoms with Crippen LogP contribution in [-0.2, 0) is 16.1 Å². The van der Waals surface area contributed by atoms with Crippen molar-refractivity contribution in [2.75, 3.05) is 19.8 Å². The van der Waals surface area contributed by atoms with Gasteiger partial charge in [-0.05, 0) is 24.6 Å². The highest BCUT2D eigenvalue weighted by Gasteiger charge is 2.04. The first-order chi connectivity index (χ1) is 9.99. The van der Waals surface area contributed by atoms with Gasteiger partial charge in [0, 0.05) is 25.6 Å². The van der Waals surface area contributed by atoms with Crippen LogP contribution in [0.1, 0.15) is 29.8 Å². The summed E-state index contributed by atoms with van der Waals surface area (Å²) < 4.78 is 5.30. The molecular formula is C16H22N2O3. The molecule has 0 aliphatic carbocycles. The van der Waals surface area contributed by atoms with Gasteiger partial charge in [-0.1, -0.05) is 24.3 Å². The molecule has 0 bridgehead atoms. The van der Waals surface area contributed by atoms with Crippen molar-refractivity contribution in [2.45, 2.75) is 20.4 Å². The zero-order valence-electron chi connectivity index (χ0n) is 12.6. The molecule has 1 aromatic rings. The molecule has 0 aliphatic heterocycles. The standard InChI is InChI=1S/C16H22N2O3/c1-12(2)11-21-9-8-17-16(20)15-6-4-14(5-7-15)10-18-13(3)19/h4-7H,1,8-11H2,2-3H3,(H,17,20)(H,18,19). The molecule has 2 N–H and O–H groups in total. The van der Waals surface area contributed by atoms with Crippen LogP contribution in [0.5, 0.6) is 0 Å². The number of ether oxygens (including phenoxy) is 1. The number of carbonyl (C=O) groups is 2. The van der Waals surface area contributed by atoms with Crippen molar-refractivity contribution in [1.82, 2.24) is 10.6 Å². The minimum absolute atomic E-state index is 0.0772. The fourth-order valence-electron chi connectivity index (χ4n) is 1.59. The first kappa shape index (κ1) is 16.9. The van der Waals surface area contributed by atoms with Crippen LogP contribution in [0.15, 0.2) is 36.4 Å². The molecule has 5 heteroatoms. The lowest BCUT2D eigenvalue weighted by Gasteiger charge is -2.07. The van der Waals surface area contributed by atoms with E-state index < -0.39 is 0 Å². The van der Waals surface area contributed by atoms with E-state index in [0.717, 1.165) is 11.1 Å². The quantitative estimate of drug-likeness (QED) is 0.565. The molecule has 0 saturated heterocycles. The minimum atomic E-state index is -0.139. The molecule has 114 valence electrons. The third kappa shape index (κ3) is 7.27. The highest BCUT2D eigenvalue weighted by atomic mass is 16.5. The van der Waals surface area contributed by atoms with E-state index >= 15 is 0 Å². The smallest absolute Gasteiger partial charge is 0.251 e. The lowest BCUT2D eigenvalue weighted by molar-refractivity contribution is -0.119. The average molecular weight is 290 g/mol. The van der Waals surface area contributed by atoms with E-state index in [0.29, 0.717) is 31.9 Å². The van der Waals surface area contributed by atoms with Gasteiger partial charge < -0.3 is 15.4 Å². The van der Waals surface area contributed by atoms with Gasteiger partial charge in [0.1, 0.15) is 0 Å². The second-order valence-corrected chi connectivity index (χ2v) is 4.87. The lowest BCUT2D eigenvalue weighted by Crippen LogP contribution is -2.27. The molecule has 2 amide bonds. The Morgan fingerprint density at radius 1 is 1.14 bits per heavy atom. The fourth-order valence-corrected chi connectivity index (χ4v) is 1.59. The molecule has 1 aromatic carbocycles. The Labute approximate surface area is 125 Å². The Kier molecular flexibility index (Phi) is 7.18. The van der Waals surface area contributed by atoms with Crippen molar-refractivity contribution < 1.29 is 14.3 Å². The van der Waals surface area contributed by atoms with E-state index in [1.165, 1.54) is 6.92 Å². The van der Waals surface area contributed by atoms with E-state index in [1.54, 1.807) is 12.1 Å². The minimum Gasteiger partial charge on any atom is -0.375 e. The van der Waals surface area contributed by atoms with Crippen molar-refractivity contribution in [3.8, 4) is 0 Å². The first-order valence-electron chi connectivity index (χ1n) is 6.82. The van der Waals surface area contributed by atoms with Gasteiger partial charge >= 0.3 is 0 Å². The molecule has 1 rings (SSSR count). The van der Waals surface area contributed by atoms with Crippen molar-refractivity contribution in [2.24, 2.45) is 0 Å². The third-order valence-corrected chi connectivity index (χ3v) is 2.64. The molecule has 0 spiro atoms. The topological polar surface area (TPSA) is 67.4 Å². The largest absolute Gasteiger partial charge is 0.375 e. The van der Waals surface area contributed by atoms with Crippen LogP contribution in [0.2, 0.25) is 0 Å². The van der Waals surface area contributed by atoms with E-state index in [9.17, 15) is 9.59 Å². The number of hydrogen-bond donors (Lipinski definition) is 2. The summed E-state index contributed by atoms with van der Waals surface area (Å²) in [7, 11) is 0. The number of nitrogens with one attached hydrogen (secondary N) is 2. The van der Waals surface area contributed by atoms with Gasteiger partial charge in [-0.15, -0.1) is 0 Å². The van der Waals surface area contributed by atoms with Crippen LogP contribution in [0.25, 0.3) is 0 Å². The highest BCUT2D eigenvalue weighted by molar-refractivity contribution is 5.94. The Balaban J connectivity index is 2.34. The zero-order valence-corrected chi connectivity index (χ0v) is 12.6. The second kappa shape index (κ2) is 8.92. The van der Waals surface area contributed by atoms with Crippen molar-refractivity contribution in [3.05, 3.63) is 47.5 Å². The monoisotopic (exact) mass is 290 g/mol. The lowest BCUT2D eigenvalue weighted by atomic mass is 10.1. The first-order valence-corrected chi connectivity index (χ1v) is 6.82. The van der Waals surface area contributed by atoms with Gasteiger partial charge in [0.25, 0.3) is 5.91 Å². The predicted octanol–water partition coefficient (Wildman–Crippen LogP) is 1.65. The van der Waals surface area contributed by atoms with Crippen LogP contribution in [-0.4, -0.2) is 31.6 Å². The van der Waals surface area contributed by atoms with Crippen LogP contribution < -0.4 is 10.6 Å². The molecule has 21 heavy (non-hydrogen) atoms. The molecule has 0 saturated carbocycles. The van der Waals surface area contributed by atoms with Crippen LogP contribution >= 0.6 is 0 Å². The maximum Gasteiger partial charge on any atom is 0.251 e. The zero-order chi connectivity index (χ0) is 15.7. The molecule has 0 aliphatic rings. The second-order valence-electron chi connectivity index (χ2n) is 4.87. The Morgan fingerprint density at radius 2 is 1.81 bits per heavy atom. The van der Waals surface area contributed by atoms with E-state index in [2.05, 4.69) is 17.2 Å². The van der Waals surface area contributed by atoms with Crippen LogP contribution in [0.4, 0.5) is 0 Å². The van der Waals surface area contributed by atoms with E-state index in [1.807, 2.05) is 19.1 Å². The van der Waals surface area contributed by atoms with Gasteiger partial charge in [0.05, 0.1) is 13.2 Å². The molecule has 0 unspecified atom stereocenters. The maximum absolute atomic E-state index is 11.9. The summed E-state index contributed by atoms with van der Waals surface area (Å²) in [4.78, 5) is 22.7.